The highest BCUT2D eigenvalue weighted by molar-refractivity contribution is 5.96. The summed E-state index contributed by atoms with van der Waals surface area (Å²) in [4.78, 5) is 12.6. The van der Waals surface area contributed by atoms with Gasteiger partial charge in [0.05, 0.1) is 7.11 Å². The smallest absolute Gasteiger partial charge is 0.228 e. The maximum absolute atomic E-state index is 13.9. The predicted molar refractivity (Wildman–Crippen MR) is 93.0 cm³/mol. The minimum atomic E-state index is -0.608. The highest BCUT2D eigenvalue weighted by Gasteiger charge is 2.45. The molecule has 0 aliphatic heterocycles. The van der Waals surface area contributed by atoms with Gasteiger partial charge < -0.3 is 10.1 Å². The second kappa shape index (κ2) is 6.47. The molecule has 0 heterocycles. The third kappa shape index (κ3) is 3.23. The molecule has 132 valence electrons. The number of hydrogen-bond acceptors (Lipinski definition) is 2. The largest absolute Gasteiger partial charge is 0.496 e. The molecule has 3 nitrogen and oxygen atoms in total. The van der Waals surface area contributed by atoms with Gasteiger partial charge in [0.1, 0.15) is 17.4 Å². The van der Waals surface area contributed by atoms with Gasteiger partial charge in [0.2, 0.25) is 5.91 Å². The second-order valence-electron chi connectivity index (χ2n) is 6.62. The summed E-state index contributed by atoms with van der Waals surface area (Å²) in [5, 5.41) is 2.97. The number of nitrogens with one attached hydrogen (secondary N) is 1. The molecule has 3 rings (SSSR count). The maximum Gasteiger partial charge on any atom is 0.228 e. The van der Waals surface area contributed by atoms with E-state index in [4.69, 9.17) is 4.74 Å². The molecule has 0 saturated heterocycles. The summed E-state index contributed by atoms with van der Waals surface area (Å²) in [5.41, 5.74) is 4.02. The highest BCUT2D eigenvalue weighted by Crippen LogP contribution is 2.49. The summed E-state index contributed by atoms with van der Waals surface area (Å²) in [6.45, 7) is 5.79. The highest BCUT2D eigenvalue weighted by atomic mass is 19.1. The lowest BCUT2D eigenvalue weighted by molar-refractivity contribution is -0.117. The van der Waals surface area contributed by atoms with Gasteiger partial charge in [-0.2, -0.15) is 0 Å². The van der Waals surface area contributed by atoms with Crippen LogP contribution in [0.4, 0.5) is 14.5 Å². The molecule has 0 bridgehead atoms. The molecule has 25 heavy (non-hydrogen) atoms. The maximum atomic E-state index is 13.9. The minimum Gasteiger partial charge on any atom is -0.496 e. The summed E-state index contributed by atoms with van der Waals surface area (Å²) in [6, 6.07) is 5.41. The fourth-order valence-electron chi connectivity index (χ4n) is 3.30. The third-order valence-electron chi connectivity index (χ3n) is 5.01. The molecule has 1 amide bonds. The van der Waals surface area contributed by atoms with Crippen molar-refractivity contribution in [2.75, 3.05) is 12.4 Å². The van der Waals surface area contributed by atoms with E-state index in [9.17, 15) is 13.6 Å². The average molecular weight is 345 g/mol. The molecule has 1 fully saturated rings. The van der Waals surface area contributed by atoms with E-state index >= 15 is 0 Å². The Morgan fingerprint density at radius 2 is 1.88 bits per heavy atom. The van der Waals surface area contributed by atoms with E-state index in [0.717, 1.165) is 34.2 Å². The molecular formula is C20H21F2NO2. The number of halogens is 2. The van der Waals surface area contributed by atoms with Crippen LogP contribution < -0.4 is 10.1 Å². The van der Waals surface area contributed by atoms with Crippen LogP contribution in [-0.2, 0) is 4.79 Å². The van der Waals surface area contributed by atoms with E-state index in [2.05, 4.69) is 5.32 Å². The van der Waals surface area contributed by atoms with Crippen LogP contribution in [0.25, 0.3) is 0 Å². The van der Waals surface area contributed by atoms with E-state index < -0.39 is 11.6 Å². The van der Waals surface area contributed by atoms with Crippen molar-refractivity contribution in [1.29, 1.82) is 0 Å². The first-order chi connectivity index (χ1) is 11.8. The molecule has 2 unspecified atom stereocenters. The van der Waals surface area contributed by atoms with E-state index in [1.807, 2.05) is 26.8 Å². The number of carbonyl (C=O) groups excluding carboxylic acids is 1. The Labute approximate surface area is 146 Å². The third-order valence-corrected chi connectivity index (χ3v) is 5.01. The summed E-state index contributed by atoms with van der Waals surface area (Å²) >= 11 is 0. The van der Waals surface area contributed by atoms with Crippen LogP contribution in [0, 0.1) is 38.3 Å². The molecule has 0 aromatic heterocycles. The Balaban J connectivity index is 1.77. The van der Waals surface area contributed by atoms with Crippen LogP contribution in [0.5, 0.6) is 5.75 Å². The Bertz CT molecular complexity index is 848. The molecule has 1 saturated carbocycles. The number of anilines is 1. The van der Waals surface area contributed by atoms with E-state index in [-0.39, 0.29) is 17.7 Å². The second-order valence-corrected chi connectivity index (χ2v) is 6.62. The molecule has 2 aromatic carbocycles. The molecule has 1 N–H and O–H groups in total. The van der Waals surface area contributed by atoms with Crippen LogP contribution in [0.3, 0.4) is 0 Å². The van der Waals surface area contributed by atoms with Gasteiger partial charge in [0.15, 0.2) is 0 Å². The average Bonchev–Trinajstić information content (AvgIpc) is 3.35. The predicted octanol–water partition coefficient (Wildman–Crippen LogP) is 4.64. The van der Waals surface area contributed by atoms with Crippen LogP contribution in [0.15, 0.2) is 24.3 Å². The normalized spacial score (nSPS) is 18.8. The van der Waals surface area contributed by atoms with Gasteiger partial charge in [0.25, 0.3) is 0 Å². The van der Waals surface area contributed by atoms with Gasteiger partial charge in [-0.25, -0.2) is 8.78 Å². The van der Waals surface area contributed by atoms with Gasteiger partial charge in [-0.3, -0.25) is 4.79 Å². The summed E-state index contributed by atoms with van der Waals surface area (Å²) in [7, 11) is 1.62. The van der Waals surface area contributed by atoms with Crippen molar-refractivity contribution >= 4 is 11.6 Å². The Hall–Kier alpha value is -2.43. The monoisotopic (exact) mass is 345 g/mol. The summed E-state index contributed by atoms with van der Waals surface area (Å²) in [5.74, 6) is -1.03. The Kier molecular flexibility index (Phi) is 4.50. The van der Waals surface area contributed by atoms with Gasteiger partial charge in [0, 0.05) is 17.7 Å². The number of methoxy groups -OCH3 is 1. The lowest BCUT2D eigenvalue weighted by Crippen LogP contribution is -2.17. The fourth-order valence-corrected chi connectivity index (χ4v) is 3.30. The van der Waals surface area contributed by atoms with Crippen molar-refractivity contribution in [3.63, 3.8) is 0 Å². The number of benzene rings is 2. The SMILES string of the molecule is COc1cc(C)c(NC(=O)C2CC2c2ccc(F)cc2F)c(C)c1C. The van der Waals surface area contributed by atoms with E-state index in [1.54, 1.807) is 7.11 Å². The van der Waals surface area contributed by atoms with Crippen molar-refractivity contribution in [3.8, 4) is 5.75 Å². The van der Waals surface area contributed by atoms with Crippen LogP contribution in [-0.4, -0.2) is 13.0 Å². The zero-order valence-electron chi connectivity index (χ0n) is 14.7. The molecule has 2 atom stereocenters. The van der Waals surface area contributed by atoms with E-state index in [1.165, 1.54) is 12.1 Å². The van der Waals surface area contributed by atoms with E-state index in [0.29, 0.717) is 12.0 Å². The number of hydrogen-bond donors (Lipinski definition) is 1. The van der Waals surface area contributed by atoms with Crippen molar-refractivity contribution in [2.45, 2.75) is 33.1 Å². The standard InChI is InChI=1S/C20H21F2NO2/c1-10-7-18(25-4)11(2)12(3)19(10)23-20(24)16-9-15(16)14-6-5-13(21)8-17(14)22/h5-8,15-16H,9H2,1-4H3,(H,23,24). The van der Waals surface area contributed by atoms with Crippen LogP contribution in [0.2, 0.25) is 0 Å². The molecule has 5 heteroatoms. The fraction of sp³-hybridized carbons (Fsp3) is 0.350. The Morgan fingerprint density at radius 1 is 1.16 bits per heavy atom. The lowest BCUT2D eigenvalue weighted by atomic mass is 10.0. The molecule has 1 aliphatic carbocycles. The zero-order valence-corrected chi connectivity index (χ0v) is 14.7. The van der Waals surface area contributed by atoms with Crippen molar-refractivity contribution in [1.82, 2.24) is 0 Å². The molecule has 2 aromatic rings. The number of ether oxygens (including phenoxy) is 1. The van der Waals surface area contributed by atoms with Gasteiger partial charge >= 0.3 is 0 Å². The molecule has 1 aliphatic rings. The zero-order chi connectivity index (χ0) is 18.3. The quantitative estimate of drug-likeness (QED) is 0.877. The van der Waals surface area contributed by atoms with Gasteiger partial charge in [-0.05, 0) is 67.5 Å². The number of carbonyl (C=O) groups is 1. The van der Waals surface area contributed by atoms with Gasteiger partial charge in [-0.15, -0.1) is 0 Å². The first-order valence-corrected chi connectivity index (χ1v) is 8.24. The van der Waals surface area contributed by atoms with Crippen molar-refractivity contribution < 1.29 is 18.3 Å². The molecular weight excluding hydrogens is 324 g/mol. The first-order valence-electron chi connectivity index (χ1n) is 8.24. The number of aryl methyl sites for hydroxylation is 1. The van der Waals surface area contributed by atoms with Crippen LogP contribution in [0.1, 0.15) is 34.6 Å². The summed E-state index contributed by atoms with van der Waals surface area (Å²) < 4.78 is 32.3. The number of rotatable bonds is 4. The van der Waals surface area contributed by atoms with Gasteiger partial charge in [-0.1, -0.05) is 6.07 Å². The minimum absolute atomic E-state index is 0.135. The number of amides is 1. The van der Waals surface area contributed by atoms with Crippen molar-refractivity contribution in [3.05, 3.63) is 58.2 Å². The first kappa shape index (κ1) is 17.4. The summed E-state index contributed by atoms with van der Waals surface area (Å²) in [6.07, 6.45) is 0.571. The Morgan fingerprint density at radius 3 is 2.52 bits per heavy atom. The topological polar surface area (TPSA) is 38.3 Å². The van der Waals surface area contributed by atoms with Crippen LogP contribution >= 0.6 is 0 Å². The molecule has 0 spiro atoms. The lowest BCUT2D eigenvalue weighted by Gasteiger charge is -2.17. The molecule has 0 radical (unpaired) electrons. The van der Waals surface area contributed by atoms with Crippen molar-refractivity contribution in [2.24, 2.45) is 5.92 Å².